The van der Waals surface area contributed by atoms with E-state index in [-0.39, 0.29) is 33.3 Å². The number of hydrogen-bond acceptors (Lipinski definition) is 18. The molecule has 0 fully saturated rings. The number of aliphatic imine (C=N–C) groups is 1. The van der Waals surface area contributed by atoms with Crippen molar-refractivity contribution in [3.8, 4) is 0 Å². The number of anilines is 6. The fourth-order valence-corrected chi connectivity index (χ4v) is 7.10. The Morgan fingerprint density at radius 1 is 0.519 bits per heavy atom. The molecule has 12 N–H and O–H groups in total. The van der Waals surface area contributed by atoms with E-state index in [1.807, 2.05) is 67.1 Å². The summed E-state index contributed by atoms with van der Waals surface area (Å²) in [5.41, 5.74) is 7.40. The summed E-state index contributed by atoms with van der Waals surface area (Å²) in [4.78, 5) is 88.4. The average Bonchev–Trinajstić information content (AvgIpc) is 3.40. The minimum Gasteiger partial charge on any atom is -0.399 e. The number of aromatic nitrogens is 10. The maximum absolute atomic E-state index is 11.0. The molecule has 29 heteroatoms. The second kappa shape index (κ2) is 35.5. The van der Waals surface area contributed by atoms with Crippen LogP contribution in [0.3, 0.4) is 0 Å². The zero-order chi connectivity index (χ0) is 57.4. The zero-order valence-corrected chi connectivity index (χ0v) is 47.4. The molecule has 1 atom stereocenters. The van der Waals surface area contributed by atoms with Gasteiger partial charge in [0.25, 0.3) is 27.8 Å². The molecule has 21 nitrogen and oxygen atoms in total. The molecular formula is C50H47Cl5N16O5S3. The number of aromatic amines is 6. The summed E-state index contributed by atoms with van der Waals surface area (Å²) in [6.07, 6.45) is 14.6. The van der Waals surface area contributed by atoms with Crippen LogP contribution in [0.2, 0.25) is 20.1 Å². The number of H-pyrrole nitrogens is 6. The lowest BCUT2D eigenvalue weighted by Gasteiger charge is -2.14. The summed E-state index contributed by atoms with van der Waals surface area (Å²) in [7, 11) is 0. The van der Waals surface area contributed by atoms with Crippen molar-refractivity contribution in [1.82, 2.24) is 55.2 Å². The SMILES string of the molecule is CSc1nccc(=O)[nH]1.CSc1nccc(=O)[nH]1.Clc1cccc(NC2=NC(Cl)C=CN2)c1.Nc1cccc(Cl)c1.O=c1cc[nH]c(=S)[nH]1.O=c1ccnc(Nc2cccc(Cl)c2)[nH]1.O=c1ccnc(Nc2cccc(Cl)c2)[nH]1. The Labute approximate surface area is 488 Å². The molecule has 410 valence electrons. The van der Waals surface area contributed by atoms with Gasteiger partial charge in [0.15, 0.2) is 15.1 Å². The fourth-order valence-electron chi connectivity index (χ4n) is 5.26. The van der Waals surface area contributed by atoms with Crippen LogP contribution < -0.4 is 54.8 Å². The van der Waals surface area contributed by atoms with E-state index >= 15 is 0 Å². The Bertz CT molecular complexity index is 3560. The van der Waals surface area contributed by atoms with Crippen molar-refractivity contribution in [2.24, 2.45) is 4.99 Å². The monoisotopic (exact) mass is 1220 g/mol. The summed E-state index contributed by atoms with van der Waals surface area (Å²) in [5.74, 6) is 1.40. The van der Waals surface area contributed by atoms with E-state index in [4.69, 9.17) is 63.7 Å². The number of nitrogens with zero attached hydrogens (tertiary/aromatic N) is 5. The van der Waals surface area contributed by atoms with E-state index in [1.54, 1.807) is 54.7 Å². The van der Waals surface area contributed by atoms with Crippen molar-refractivity contribution in [2.45, 2.75) is 15.8 Å². The first-order valence-corrected chi connectivity index (χ1v) is 27.1. The summed E-state index contributed by atoms with van der Waals surface area (Å²) < 4.78 is 0.359. The van der Waals surface area contributed by atoms with Gasteiger partial charge in [-0.15, -0.1) is 0 Å². The first-order chi connectivity index (χ1) is 37.9. The van der Waals surface area contributed by atoms with Crippen molar-refractivity contribution in [2.75, 3.05) is 34.2 Å². The van der Waals surface area contributed by atoms with Crippen LogP contribution in [0, 0.1) is 4.77 Å². The van der Waals surface area contributed by atoms with Gasteiger partial charge in [0, 0.05) is 110 Å². The lowest BCUT2D eigenvalue weighted by Crippen LogP contribution is -2.30. The highest BCUT2D eigenvalue weighted by Crippen LogP contribution is 2.19. The number of nitrogens with two attached hydrogens (primary N) is 1. The second-order valence-corrected chi connectivity index (χ2v) is 18.8. The molecule has 79 heavy (non-hydrogen) atoms. The Hall–Kier alpha value is -7.94. The van der Waals surface area contributed by atoms with Gasteiger partial charge in [0.2, 0.25) is 17.9 Å². The molecule has 9 aromatic rings. The van der Waals surface area contributed by atoms with Crippen molar-refractivity contribution in [3.05, 3.63) is 247 Å². The van der Waals surface area contributed by atoms with Crippen LogP contribution in [0.4, 0.5) is 34.6 Å². The Kier molecular flexibility index (Phi) is 28.6. The largest absolute Gasteiger partial charge is 0.399 e. The van der Waals surface area contributed by atoms with Gasteiger partial charge in [-0.2, -0.15) is 0 Å². The molecule has 5 aromatic heterocycles. The van der Waals surface area contributed by atoms with Crippen LogP contribution in [0.5, 0.6) is 0 Å². The lowest BCUT2D eigenvalue weighted by molar-refractivity contribution is 0.939. The molecule has 0 saturated carbocycles. The third kappa shape index (κ3) is 27.8. The van der Waals surface area contributed by atoms with Crippen LogP contribution in [-0.4, -0.2) is 73.8 Å². The van der Waals surface area contributed by atoms with Crippen LogP contribution in [0.1, 0.15) is 0 Å². The molecule has 0 saturated heterocycles. The van der Waals surface area contributed by atoms with Crippen LogP contribution >= 0.6 is 93.7 Å². The molecule has 0 spiro atoms. The van der Waals surface area contributed by atoms with Crippen LogP contribution in [-0.2, 0) is 0 Å². The summed E-state index contributed by atoms with van der Waals surface area (Å²) >= 11 is 36.3. The van der Waals surface area contributed by atoms with Gasteiger partial charge >= 0.3 is 0 Å². The minimum atomic E-state index is -0.326. The normalized spacial score (nSPS) is 11.4. The van der Waals surface area contributed by atoms with Crippen LogP contribution in [0.15, 0.2) is 210 Å². The molecule has 0 aliphatic carbocycles. The minimum absolute atomic E-state index is 0.102. The number of alkyl halides is 1. The number of nitrogen functional groups attached to an aromatic ring is 1. The molecule has 10 rings (SSSR count). The Balaban J connectivity index is 0.000000202. The molecule has 0 bridgehead atoms. The number of nitrogens with one attached hydrogen (secondary N) is 10. The standard InChI is InChI=1S/C10H9Cl2N3.2C10H8ClN3O.C6H6ClN.2C5H6N2OS.C4H4N2OS/c11-7-2-1-3-8(6-7)14-10-13-5-4-9(12)15-10;2*11-7-2-1-3-8(6-7)13-10-12-5-4-9(15)14-10;7-5-2-1-3-6(8)4-5;2*1-9-5-6-3-2-4(8)7-5;7-3-1-2-5-4(8)6-3/h1-6,9H,(H2,13,14,15);2*1-6H,(H2,12,13,14,15);1-4H,8H2;2*2-3H,1H3,(H,6,7,8);1-2H,(H2,5,6,7,8). The molecule has 1 unspecified atom stereocenters. The van der Waals surface area contributed by atoms with Gasteiger partial charge < -0.3 is 42.0 Å². The molecule has 6 heterocycles. The summed E-state index contributed by atoms with van der Waals surface area (Å²) in [5, 5.41) is 15.8. The van der Waals surface area contributed by atoms with E-state index < -0.39 is 0 Å². The summed E-state index contributed by atoms with van der Waals surface area (Å²) in [6, 6.07) is 35.7. The van der Waals surface area contributed by atoms with Gasteiger partial charge in [0.1, 0.15) is 5.50 Å². The Morgan fingerprint density at radius 2 is 0.924 bits per heavy atom. The average molecular weight is 1230 g/mol. The fraction of sp³-hybridized carbons (Fsp3) is 0.0600. The molecule has 1 aliphatic rings. The maximum Gasteiger partial charge on any atom is 0.252 e. The van der Waals surface area contributed by atoms with Crippen molar-refractivity contribution in [1.29, 1.82) is 0 Å². The first-order valence-electron chi connectivity index (χ1n) is 22.3. The highest BCUT2D eigenvalue weighted by molar-refractivity contribution is 7.98. The quantitative estimate of drug-likeness (QED) is 0.0176. The van der Waals surface area contributed by atoms with Gasteiger partial charge in [-0.3, -0.25) is 38.9 Å². The first kappa shape index (κ1) is 63.6. The van der Waals surface area contributed by atoms with Gasteiger partial charge in [-0.1, -0.05) is 106 Å². The smallest absolute Gasteiger partial charge is 0.252 e. The zero-order valence-electron chi connectivity index (χ0n) is 41.2. The number of guanidine groups is 1. The number of rotatable bonds is 7. The summed E-state index contributed by atoms with van der Waals surface area (Å²) in [6.45, 7) is 0. The number of hydrogen-bond donors (Lipinski definition) is 11. The maximum atomic E-state index is 11.0. The highest BCUT2D eigenvalue weighted by atomic mass is 35.5. The van der Waals surface area contributed by atoms with Gasteiger partial charge in [0.05, 0.1) is 0 Å². The predicted octanol–water partition coefficient (Wildman–Crippen LogP) is 10.5. The van der Waals surface area contributed by atoms with E-state index in [0.29, 0.717) is 58.7 Å². The van der Waals surface area contributed by atoms with E-state index in [0.717, 1.165) is 17.1 Å². The third-order valence-corrected chi connectivity index (χ3v) is 11.1. The molecular weight excluding hydrogens is 1180 g/mol. The van der Waals surface area contributed by atoms with E-state index in [1.165, 1.54) is 84.8 Å². The van der Waals surface area contributed by atoms with Crippen molar-refractivity contribution < 1.29 is 0 Å². The Morgan fingerprint density at radius 3 is 1.25 bits per heavy atom. The van der Waals surface area contributed by atoms with Crippen molar-refractivity contribution in [3.63, 3.8) is 0 Å². The van der Waals surface area contributed by atoms with E-state index in [2.05, 4.69) is 88.3 Å². The van der Waals surface area contributed by atoms with Gasteiger partial charge in [-0.05, 0) is 104 Å². The third-order valence-electron chi connectivity index (χ3n) is 8.55. The molecule has 0 amide bonds. The molecule has 4 aromatic carbocycles. The number of halogens is 5. The highest BCUT2D eigenvalue weighted by Gasteiger charge is 2.06. The van der Waals surface area contributed by atoms with Crippen LogP contribution in [0.25, 0.3) is 0 Å². The molecule has 1 aliphatic heterocycles. The topological polar surface area (TPSA) is 318 Å². The van der Waals surface area contributed by atoms with Gasteiger partial charge in [-0.25, -0.2) is 24.9 Å². The number of thioether (sulfide) groups is 2. The second-order valence-electron chi connectivity index (χ2n) is 14.6. The molecule has 0 radical (unpaired) electrons. The lowest BCUT2D eigenvalue weighted by atomic mass is 10.3. The van der Waals surface area contributed by atoms with Crippen molar-refractivity contribution >= 4 is 134 Å². The number of benzene rings is 4. The predicted molar refractivity (Wildman–Crippen MR) is 325 cm³/mol. The van der Waals surface area contributed by atoms with E-state index in [9.17, 15) is 24.0 Å².